The van der Waals surface area contributed by atoms with Crippen molar-refractivity contribution in [1.29, 1.82) is 0 Å². The number of pyridine rings is 2. The SMILES string of the molecule is CC(C)(C)c1cc2cc(CC(C)(C)c3cc4cccnc4[nH]3)cnc2o1. The van der Waals surface area contributed by atoms with Gasteiger partial charge in [0.25, 0.3) is 0 Å². The molecule has 0 aliphatic heterocycles. The maximum absolute atomic E-state index is 5.92. The van der Waals surface area contributed by atoms with E-state index in [1.165, 1.54) is 11.3 Å². The molecule has 134 valence electrons. The summed E-state index contributed by atoms with van der Waals surface area (Å²) < 4.78 is 5.92. The lowest BCUT2D eigenvalue weighted by molar-refractivity contribution is 0.426. The molecule has 4 heteroatoms. The topological polar surface area (TPSA) is 54.7 Å². The molecule has 0 aliphatic rings. The number of furan rings is 1. The van der Waals surface area contributed by atoms with E-state index < -0.39 is 0 Å². The van der Waals surface area contributed by atoms with E-state index in [1.807, 2.05) is 18.5 Å². The van der Waals surface area contributed by atoms with Crippen molar-refractivity contribution in [3.63, 3.8) is 0 Å². The number of rotatable bonds is 3. The van der Waals surface area contributed by atoms with Gasteiger partial charge in [0.1, 0.15) is 11.4 Å². The van der Waals surface area contributed by atoms with E-state index in [4.69, 9.17) is 4.42 Å². The molecule has 0 fully saturated rings. The summed E-state index contributed by atoms with van der Waals surface area (Å²) in [5, 5.41) is 2.22. The van der Waals surface area contributed by atoms with Crippen LogP contribution in [-0.4, -0.2) is 15.0 Å². The number of H-pyrrole nitrogens is 1. The average molecular weight is 347 g/mol. The van der Waals surface area contributed by atoms with Crippen molar-refractivity contribution >= 4 is 22.1 Å². The zero-order valence-electron chi connectivity index (χ0n) is 16.1. The highest BCUT2D eigenvalue weighted by atomic mass is 16.3. The van der Waals surface area contributed by atoms with Crippen LogP contribution in [0.4, 0.5) is 0 Å². The van der Waals surface area contributed by atoms with Gasteiger partial charge in [0.05, 0.1) is 0 Å². The van der Waals surface area contributed by atoms with Gasteiger partial charge in [-0.05, 0) is 42.3 Å². The van der Waals surface area contributed by atoms with E-state index in [0.29, 0.717) is 5.71 Å². The smallest absolute Gasteiger partial charge is 0.226 e. The Balaban J connectivity index is 1.66. The van der Waals surface area contributed by atoms with Gasteiger partial charge in [-0.2, -0.15) is 0 Å². The predicted molar refractivity (Wildman–Crippen MR) is 106 cm³/mol. The first kappa shape index (κ1) is 16.8. The molecular weight excluding hydrogens is 322 g/mol. The minimum atomic E-state index is -0.0490. The largest absolute Gasteiger partial charge is 0.442 e. The molecule has 0 radical (unpaired) electrons. The Bertz CT molecular complexity index is 1050. The van der Waals surface area contributed by atoms with Crippen molar-refractivity contribution in [1.82, 2.24) is 15.0 Å². The van der Waals surface area contributed by atoms with Gasteiger partial charge < -0.3 is 9.40 Å². The van der Waals surface area contributed by atoms with Crippen molar-refractivity contribution in [2.24, 2.45) is 0 Å². The molecule has 26 heavy (non-hydrogen) atoms. The number of nitrogens with zero attached hydrogens (tertiary/aromatic N) is 2. The number of fused-ring (bicyclic) bond motifs is 2. The maximum Gasteiger partial charge on any atom is 0.226 e. The van der Waals surface area contributed by atoms with Gasteiger partial charge in [-0.3, -0.25) is 0 Å². The molecule has 4 aromatic rings. The highest BCUT2D eigenvalue weighted by Crippen LogP contribution is 2.32. The van der Waals surface area contributed by atoms with Crippen molar-refractivity contribution in [2.45, 2.75) is 51.9 Å². The highest BCUT2D eigenvalue weighted by Gasteiger charge is 2.25. The van der Waals surface area contributed by atoms with Gasteiger partial charge in [0, 0.05) is 39.7 Å². The summed E-state index contributed by atoms with van der Waals surface area (Å²) >= 11 is 0. The highest BCUT2D eigenvalue weighted by molar-refractivity contribution is 5.77. The van der Waals surface area contributed by atoms with Crippen LogP contribution in [-0.2, 0) is 17.3 Å². The summed E-state index contributed by atoms with van der Waals surface area (Å²) in [6.07, 6.45) is 4.64. The second-order valence-electron chi connectivity index (χ2n) is 8.78. The Morgan fingerprint density at radius 3 is 2.54 bits per heavy atom. The Morgan fingerprint density at radius 1 is 1.00 bits per heavy atom. The molecule has 4 heterocycles. The van der Waals surface area contributed by atoms with Crippen LogP contribution in [0, 0.1) is 0 Å². The standard InChI is InChI=1S/C22H25N3O/c1-21(2,3)18-11-16-9-14(13-24-20(16)26-18)12-22(4,5)17-10-15-7-6-8-23-19(15)25-17/h6-11,13H,12H2,1-5H3,(H,23,25). The number of hydrogen-bond acceptors (Lipinski definition) is 3. The van der Waals surface area contributed by atoms with E-state index >= 15 is 0 Å². The molecule has 0 aromatic carbocycles. The zero-order valence-corrected chi connectivity index (χ0v) is 16.1. The van der Waals surface area contributed by atoms with E-state index in [9.17, 15) is 0 Å². The molecule has 0 aliphatic carbocycles. The molecule has 4 aromatic heterocycles. The Kier molecular flexibility index (Phi) is 3.69. The lowest BCUT2D eigenvalue weighted by Gasteiger charge is -2.23. The fraction of sp³-hybridized carbons (Fsp3) is 0.364. The van der Waals surface area contributed by atoms with Crippen LogP contribution in [0.5, 0.6) is 0 Å². The van der Waals surface area contributed by atoms with Crippen LogP contribution in [0.2, 0.25) is 0 Å². The van der Waals surface area contributed by atoms with E-state index in [2.05, 4.69) is 73.8 Å². The van der Waals surface area contributed by atoms with Crippen molar-refractivity contribution in [3.8, 4) is 0 Å². The van der Waals surface area contributed by atoms with E-state index in [-0.39, 0.29) is 10.8 Å². The van der Waals surface area contributed by atoms with Gasteiger partial charge in [0.15, 0.2) is 0 Å². The summed E-state index contributed by atoms with van der Waals surface area (Å²) in [6, 6.07) is 10.6. The van der Waals surface area contributed by atoms with Crippen molar-refractivity contribution in [2.75, 3.05) is 0 Å². The van der Waals surface area contributed by atoms with Crippen LogP contribution in [0.25, 0.3) is 22.1 Å². The fourth-order valence-electron chi connectivity index (χ4n) is 3.37. The first-order valence-corrected chi connectivity index (χ1v) is 9.06. The number of nitrogens with one attached hydrogen (secondary N) is 1. The van der Waals surface area contributed by atoms with Gasteiger partial charge in [0.2, 0.25) is 5.71 Å². The van der Waals surface area contributed by atoms with Crippen molar-refractivity contribution < 1.29 is 4.42 Å². The monoisotopic (exact) mass is 347 g/mol. The molecule has 0 spiro atoms. The molecule has 0 atom stereocenters. The minimum Gasteiger partial charge on any atom is -0.442 e. The summed E-state index contributed by atoms with van der Waals surface area (Å²) in [5.74, 6) is 0.970. The second-order valence-corrected chi connectivity index (χ2v) is 8.78. The normalized spacial score (nSPS) is 13.0. The van der Waals surface area contributed by atoms with Gasteiger partial charge in [-0.1, -0.05) is 34.6 Å². The molecule has 1 N–H and O–H groups in total. The Labute approximate surface area is 153 Å². The first-order chi connectivity index (χ1) is 12.2. The van der Waals surface area contributed by atoms with Gasteiger partial charge in [-0.15, -0.1) is 0 Å². The Morgan fingerprint density at radius 2 is 1.81 bits per heavy atom. The Hall–Kier alpha value is -2.62. The minimum absolute atomic E-state index is 0.0164. The van der Waals surface area contributed by atoms with Crippen LogP contribution >= 0.6 is 0 Å². The third-order valence-corrected chi connectivity index (χ3v) is 4.93. The lowest BCUT2D eigenvalue weighted by atomic mass is 9.83. The predicted octanol–water partition coefficient (Wildman–Crippen LogP) is 5.52. The molecule has 4 rings (SSSR count). The van der Waals surface area contributed by atoms with Gasteiger partial charge in [-0.25, -0.2) is 9.97 Å². The first-order valence-electron chi connectivity index (χ1n) is 9.06. The quantitative estimate of drug-likeness (QED) is 0.531. The number of aromatic amines is 1. The summed E-state index contributed by atoms with van der Waals surface area (Å²) in [6.45, 7) is 11.0. The number of hydrogen-bond donors (Lipinski definition) is 1. The third-order valence-electron chi connectivity index (χ3n) is 4.93. The summed E-state index contributed by atoms with van der Waals surface area (Å²) in [5.41, 5.74) is 3.98. The van der Waals surface area contributed by atoms with Crippen LogP contribution < -0.4 is 0 Å². The summed E-state index contributed by atoms with van der Waals surface area (Å²) in [4.78, 5) is 12.4. The van der Waals surface area contributed by atoms with Crippen LogP contribution in [0.15, 0.2) is 47.1 Å². The second kappa shape index (κ2) is 5.70. The van der Waals surface area contributed by atoms with Gasteiger partial charge >= 0.3 is 0 Å². The molecule has 0 unspecified atom stereocenters. The molecule has 0 amide bonds. The maximum atomic E-state index is 5.92. The van der Waals surface area contributed by atoms with E-state index in [1.54, 1.807) is 0 Å². The van der Waals surface area contributed by atoms with Crippen LogP contribution in [0.3, 0.4) is 0 Å². The van der Waals surface area contributed by atoms with Crippen LogP contribution in [0.1, 0.15) is 51.6 Å². The molecule has 0 saturated carbocycles. The molecular formula is C22H25N3O. The molecule has 0 bridgehead atoms. The number of aromatic nitrogens is 3. The average Bonchev–Trinajstić information content (AvgIpc) is 3.18. The zero-order chi connectivity index (χ0) is 18.5. The molecule has 0 saturated heterocycles. The lowest BCUT2D eigenvalue weighted by Crippen LogP contribution is -2.21. The van der Waals surface area contributed by atoms with Crippen molar-refractivity contribution in [3.05, 3.63) is 59.7 Å². The molecule has 4 nitrogen and oxygen atoms in total. The fourth-order valence-corrected chi connectivity index (χ4v) is 3.37. The third kappa shape index (κ3) is 3.00. The summed E-state index contributed by atoms with van der Waals surface area (Å²) in [7, 11) is 0. The van der Waals surface area contributed by atoms with E-state index in [0.717, 1.165) is 28.6 Å².